The Kier molecular flexibility index (Phi) is 6.72. The highest BCUT2D eigenvalue weighted by molar-refractivity contribution is 6.36. The fourth-order valence-electron chi connectivity index (χ4n) is 3.83. The van der Waals surface area contributed by atoms with E-state index in [1.807, 2.05) is 45.9 Å². The minimum atomic E-state index is -0.415. The molecular formula is C27H28N2O5. The SMILES string of the molecule is CCOc1ccc(NC2=C(c3ccc(C)c(C)c3)C(=O)N(Cc3ccco3)C2=O)cc1OCC. The zero-order valence-corrected chi connectivity index (χ0v) is 19.8. The number of imide groups is 1. The van der Waals surface area contributed by atoms with E-state index < -0.39 is 5.91 Å². The van der Waals surface area contributed by atoms with Crippen molar-refractivity contribution in [1.29, 1.82) is 0 Å². The van der Waals surface area contributed by atoms with Crippen LogP contribution in [0.2, 0.25) is 0 Å². The third kappa shape index (κ3) is 4.55. The zero-order valence-electron chi connectivity index (χ0n) is 19.8. The van der Waals surface area contributed by atoms with Crippen molar-refractivity contribution in [3.8, 4) is 11.5 Å². The fraction of sp³-hybridized carbons (Fsp3) is 0.259. The molecule has 0 spiro atoms. The number of nitrogens with zero attached hydrogens (tertiary/aromatic N) is 1. The van der Waals surface area contributed by atoms with Gasteiger partial charge in [0, 0.05) is 11.8 Å². The van der Waals surface area contributed by atoms with Crippen molar-refractivity contribution in [2.75, 3.05) is 18.5 Å². The van der Waals surface area contributed by atoms with Gasteiger partial charge in [-0.05, 0) is 68.7 Å². The van der Waals surface area contributed by atoms with Gasteiger partial charge in [0.1, 0.15) is 11.5 Å². The molecule has 176 valence electrons. The molecule has 1 aliphatic rings. The van der Waals surface area contributed by atoms with E-state index in [1.165, 1.54) is 11.2 Å². The van der Waals surface area contributed by atoms with Crippen LogP contribution in [0.4, 0.5) is 5.69 Å². The Morgan fingerprint density at radius 2 is 1.65 bits per heavy atom. The topological polar surface area (TPSA) is 81.0 Å². The number of hydrogen-bond donors (Lipinski definition) is 1. The summed E-state index contributed by atoms with van der Waals surface area (Å²) < 4.78 is 16.7. The van der Waals surface area contributed by atoms with Gasteiger partial charge in [0.15, 0.2) is 11.5 Å². The van der Waals surface area contributed by atoms with E-state index in [-0.39, 0.29) is 18.1 Å². The molecule has 4 rings (SSSR count). The molecule has 2 amide bonds. The number of amides is 2. The van der Waals surface area contributed by atoms with E-state index in [1.54, 1.807) is 30.3 Å². The van der Waals surface area contributed by atoms with Crippen molar-refractivity contribution in [2.45, 2.75) is 34.2 Å². The Morgan fingerprint density at radius 3 is 2.32 bits per heavy atom. The quantitative estimate of drug-likeness (QED) is 0.448. The van der Waals surface area contributed by atoms with E-state index in [4.69, 9.17) is 13.9 Å². The highest BCUT2D eigenvalue weighted by atomic mass is 16.5. The molecule has 3 aromatic rings. The highest BCUT2D eigenvalue weighted by Gasteiger charge is 2.39. The van der Waals surface area contributed by atoms with Crippen LogP contribution >= 0.6 is 0 Å². The van der Waals surface area contributed by atoms with Crippen molar-refractivity contribution in [3.05, 3.63) is 82.9 Å². The Balaban J connectivity index is 1.75. The lowest BCUT2D eigenvalue weighted by Gasteiger charge is -2.15. The third-order valence-electron chi connectivity index (χ3n) is 5.67. The highest BCUT2D eigenvalue weighted by Crippen LogP contribution is 2.35. The first-order chi connectivity index (χ1) is 16.4. The maximum Gasteiger partial charge on any atom is 0.278 e. The smallest absolute Gasteiger partial charge is 0.278 e. The second-order valence-corrected chi connectivity index (χ2v) is 7.98. The molecule has 2 heterocycles. The number of rotatable bonds is 9. The van der Waals surface area contributed by atoms with Crippen LogP contribution in [0, 0.1) is 13.8 Å². The van der Waals surface area contributed by atoms with Gasteiger partial charge in [-0.1, -0.05) is 18.2 Å². The number of carbonyl (C=O) groups excluding carboxylic acids is 2. The van der Waals surface area contributed by atoms with Crippen LogP contribution in [0.5, 0.6) is 11.5 Å². The van der Waals surface area contributed by atoms with Gasteiger partial charge in [-0.25, -0.2) is 0 Å². The van der Waals surface area contributed by atoms with E-state index in [0.29, 0.717) is 47.3 Å². The molecule has 1 N–H and O–H groups in total. The largest absolute Gasteiger partial charge is 0.490 e. The summed E-state index contributed by atoms with van der Waals surface area (Å²) in [5.41, 5.74) is 3.98. The van der Waals surface area contributed by atoms with E-state index in [9.17, 15) is 9.59 Å². The maximum absolute atomic E-state index is 13.5. The number of aryl methyl sites for hydroxylation is 2. The fourth-order valence-corrected chi connectivity index (χ4v) is 3.83. The molecule has 0 radical (unpaired) electrons. The molecule has 7 nitrogen and oxygen atoms in total. The molecule has 1 aliphatic heterocycles. The van der Waals surface area contributed by atoms with E-state index in [2.05, 4.69) is 5.32 Å². The molecule has 0 bridgehead atoms. The number of carbonyl (C=O) groups is 2. The normalized spacial score (nSPS) is 13.6. The van der Waals surface area contributed by atoms with E-state index >= 15 is 0 Å². The van der Waals surface area contributed by atoms with Gasteiger partial charge in [-0.3, -0.25) is 14.5 Å². The molecule has 0 aliphatic carbocycles. The summed E-state index contributed by atoms with van der Waals surface area (Å²) in [6.07, 6.45) is 1.52. The first-order valence-electron chi connectivity index (χ1n) is 11.3. The average Bonchev–Trinajstić information content (AvgIpc) is 3.41. The van der Waals surface area contributed by atoms with Gasteiger partial charge < -0.3 is 19.2 Å². The summed E-state index contributed by atoms with van der Waals surface area (Å²) >= 11 is 0. The van der Waals surface area contributed by atoms with Crippen LogP contribution in [0.1, 0.15) is 36.3 Å². The van der Waals surface area contributed by atoms with Crippen LogP contribution < -0.4 is 14.8 Å². The molecule has 2 aromatic carbocycles. The summed E-state index contributed by atoms with van der Waals surface area (Å²) in [5.74, 6) is 0.921. The van der Waals surface area contributed by atoms with Gasteiger partial charge in [-0.2, -0.15) is 0 Å². The van der Waals surface area contributed by atoms with Crippen molar-refractivity contribution >= 4 is 23.1 Å². The molecule has 7 heteroatoms. The zero-order chi connectivity index (χ0) is 24.2. The maximum atomic E-state index is 13.5. The summed E-state index contributed by atoms with van der Waals surface area (Å²) in [5, 5.41) is 3.18. The third-order valence-corrected chi connectivity index (χ3v) is 5.67. The molecule has 0 fully saturated rings. The number of anilines is 1. The van der Waals surface area contributed by atoms with Crippen LogP contribution in [0.25, 0.3) is 5.57 Å². The van der Waals surface area contributed by atoms with Crippen molar-refractivity contribution < 1.29 is 23.5 Å². The Hall–Kier alpha value is -4.00. The summed E-state index contributed by atoms with van der Waals surface area (Å²) in [7, 11) is 0. The first-order valence-corrected chi connectivity index (χ1v) is 11.3. The predicted molar refractivity (Wildman–Crippen MR) is 130 cm³/mol. The van der Waals surface area contributed by atoms with Gasteiger partial charge >= 0.3 is 0 Å². The van der Waals surface area contributed by atoms with Crippen molar-refractivity contribution in [1.82, 2.24) is 4.90 Å². The van der Waals surface area contributed by atoms with Crippen LogP contribution in [0.3, 0.4) is 0 Å². The monoisotopic (exact) mass is 460 g/mol. The lowest BCUT2D eigenvalue weighted by Crippen LogP contribution is -2.31. The number of benzene rings is 2. The molecule has 0 unspecified atom stereocenters. The van der Waals surface area contributed by atoms with Crippen molar-refractivity contribution in [3.63, 3.8) is 0 Å². The molecule has 34 heavy (non-hydrogen) atoms. The molecule has 0 saturated heterocycles. The van der Waals surface area contributed by atoms with Crippen LogP contribution in [-0.2, 0) is 16.1 Å². The van der Waals surface area contributed by atoms with E-state index in [0.717, 1.165) is 11.1 Å². The van der Waals surface area contributed by atoms with Crippen molar-refractivity contribution in [2.24, 2.45) is 0 Å². The molecule has 1 aromatic heterocycles. The second-order valence-electron chi connectivity index (χ2n) is 7.98. The minimum Gasteiger partial charge on any atom is -0.490 e. The number of ether oxygens (including phenoxy) is 2. The number of furan rings is 1. The Labute approximate surface area is 199 Å². The second kappa shape index (κ2) is 9.87. The lowest BCUT2D eigenvalue weighted by atomic mass is 9.99. The Morgan fingerprint density at radius 1 is 0.882 bits per heavy atom. The molecule has 0 atom stereocenters. The molecule has 0 saturated carbocycles. The van der Waals surface area contributed by atoms with Crippen LogP contribution in [0.15, 0.2) is 64.9 Å². The van der Waals surface area contributed by atoms with Crippen LogP contribution in [-0.4, -0.2) is 29.9 Å². The standard InChI is InChI=1S/C27H28N2O5/c1-5-32-22-12-11-20(15-23(22)33-6-2)28-25-24(19-10-9-17(3)18(4)14-19)26(30)29(27(25)31)16-21-8-7-13-34-21/h7-15,28H,5-6,16H2,1-4H3. The Bertz CT molecular complexity index is 1240. The number of nitrogens with one attached hydrogen (secondary N) is 1. The molecular weight excluding hydrogens is 432 g/mol. The first kappa shape index (κ1) is 23.2. The van der Waals surface area contributed by atoms with Gasteiger partial charge in [0.25, 0.3) is 11.8 Å². The number of hydrogen-bond acceptors (Lipinski definition) is 6. The van der Waals surface area contributed by atoms with Gasteiger partial charge in [-0.15, -0.1) is 0 Å². The summed E-state index contributed by atoms with van der Waals surface area (Å²) in [6.45, 7) is 8.80. The summed E-state index contributed by atoms with van der Waals surface area (Å²) in [4.78, 5) is 28.1. The average molecular weight is 461 g/mol. The lowest BCUT2D eigenvalue weighted by molar-refractivity contribution is -0.137. The van der Waals surface area contributed by atoms with Gasteiger partial charge in [0.2, 0.25) is 0 Å². The predicted octanol–water partition coefficient (Wildman–Crippen LogP) is 5.09. The minimum absolute atomic E-state index is 0.0532. The summed E-state index contributed by atoms with van der Waals surface area (Å²) in [6, 6.07) is 14.6. The van der Waals surface area contributed by atoms with Gasteiger partial charge in [0.05, 0.1) is 31.6 Å².